The summed E-state index contributed by atoms with van der Waals surface area (Å²) in [7, 11) is 1.68. The van der Waals surface area contributed by atoms with Crippen LogP contribution in [0.3, 0.4) is 0 Å². The van der Waals surface area contributed by atoms with Crippen LogP contribution in [0, 0.1) is 29.1 Å². The number of hydrogen-bond acceptors (Lipinski definition) is 7. The summed E-state index contributed by atoms with van der Waals surface area (Å²) in [6, 6.07) is -2.34. The quantitative estimate of drug-likeness (QED) is 0.194. The summed E-state index contributed by atoms with van der Waals surface area (Å²) in [4.78, 5) is 54.9. The molecule has 3 aliphatic rings. The van der Waals surface area contributed by atoms with Crippen LogP contribution in [0.1, 0.15) is 106 Å². The first kappa shape index (κ1) is 35.9. The molecular formula is C34H59N5O5. The molecule has 2 saturated carbocycles. The maximum atomic E-state index is 14.7. The Hall–Kier alpha value is -2.62. The number of primary amides is 1. The van der Waals surface area contributed by atoms with Crippen molar-refractivity contribution in [1.82, 2.24) is 20.9 Å². The van der Waals surface area contributed by atoms with Gasteiger partial charge in [-0.1, -0.05) is 79.7 Å². The molecule has 1 aliphatic heterocycles. The molecule has 250 valence electrons. The number of ketones is 1. The highest BCUT2D eigenvalue weighted by Gasteiger charge is 2.50. The van der Waals surface area contributed by atoms with E-state index in [1.165, 1.54) is 0 Å². The summed E-state index contributed by atoms with van der Waals surface area (Å²) in [5.41, 5.74) is 4.65. The largest absolute Gasteiger partial charge is 0.382 e. The maximum absolute atomic E-state index is 14.7. The molecule has 3 unspecified atom stereocenters. The lowest BCUT2D eigenvalue weighted by atomic mass is 9.70. The minimum atomic E-state index is -1.05. The summed E-state index contributed by atoms with van der Waals surface area (Å²) >= 11 is 0. The Balaban J connectivity index is 1.88. The molecule has 3 rings (SSSR count). The van der Waals surface area contributed by atoms with Crippen molar-refractivity contribution < 1.29 is 23.9 Å². The second-order valence-corrected chi connectivity index (χ2v) is 15.1. The molecule has 0 aromatic rings. The molecule has 44 heavy (non-hydrogen) atoms. The third kappa shape index (κ3) is 8.76. The van der Waals surface area contributed by atoms with Crippen LogP contribution in [-0.2, 0) is 23.9 Å². The molecule has 5 N–H and O–H groups in total. The van der Waals surface area contributed by atoms with E-state index in [9.17, 15) is 19.2 Å². The molecule has 10 nitrogen and oxygen atoms in total. The van der Waals surface area contributed by atoms with Crippen LogP contribution in [0.2, 0.25) is 0 Å². The molecule has 6 atom stereocenters. The number of rotatable bonds is 16. The molecule has 0 aromatic heterocycles. The van der Waals surface area contributed by atoms with Crippen molar-refractivity contribution in [3.8, 4) is 0 Å². The SMILES string of the molecule is C=C(N[C@H](C(=O)N1CC(C)[C@H](C)C1C(=O)NC(CC1CCC1)C(=O)C(N)=O)C1(C)CCCCC1)N[C@@](C)(COC)CC(C)C. The van der Waals surface area contributed by atoms with Gasteiger partial charge in [-0.05, 0) is 61.7 Å². The van der Waals surface area contributed by atoms with Crippen molar-refractivity contribution >= 4 is 23.5 Å². The Morgan fingerprint density at radius 1 is 1.07 bits per heavy atom. The Morgan fingerprint density at radius 2 is 1.70 bits per heavy atom. The van der Waals surface area contributed by atoms with Crippen molar-refractivity contribution in [2.75, 3.05) is 20.3 Å². The second-order valence-electron chi connectivity index (χ2n) is 15.1. The van der Waals surface area contributed by atoms with Crippen LogP contribution < -0.4 is 21.7 Å². The van der Waals surface area contributed by atoms with Gasteiger partial charge in [0.25, 0.3) is 5.91 Å². The zero-order valence-electron chi connectivity index (χ0n) is 28.3. The summed E-state index contributed by atoms with van der Waals surface area (Å²) < 4.78 is 5.54. The number of hydrogen-bond donors (Lipinski definition) is 4. The Morgan fingerprint density at radius 3 is 2.23 bits per heavy atom. The average molecular weight is 618 g/mol. The van der Waals surface area contributed by atoms with E-state index in [-0.39, 0.29) is 34.6 Å². The van der Waals surface area contributed by atoms with E-state index >= 15 is 0 Å². The Kier molecular flexibility index (Phi) is 12.3. The van der Waals surface area contributed by atoms with E-state index in [2.05, 4.69) is 50.2 Å². The monoisotopic (exact) mass is 617 g/mol. The van der Waals surface area contributed by atoms with Gasteiger partial charge in [-0.3, -0.25) is 19.2 Å². The van der Waals surface area contributed by atoms with Crippen molar-refractivity contribution in [1.29, 1.82) is 0 Å². The van der Waals surface area contributed by atoms with E-state index in [0.29, 0.717) is 31.3 Å². The van der Waals surface area contributed by atoms with Crippen LogP contribution in [0.4, 0.5) is 0 Å². The van der Waals surface area contributed by atoms with E-state index in [1.807, 2.05) is 13.8 Å². The molecule has 2 aliphatic carbocycles. The van der Waals surface area contributed by atoms with Gasteiger partial charge in [-0.2, -0.15) is 0 Å². The van der Waals surface area contributed by atoms with E-state index in [0.717, 1.165) is 57.8 Å². The summed E-state index contributed by atoms with van der Waals surface area (Å²) in [6.45, 7) is 17.8. The Bertz CT molecular complexity index is 1050. The first-order valence-corrected chi connectivity index (χ1v) is 16.8. The lowest BCUT2D eigenvalue weighted by Gasteiger charge is -2.44. The maximum Gasteiger partial charge on any atom is 0.287 e. The number of likely N-dealkylation sites (tertiary alicyclic amines) is 1. The van der Waals surface area contributed by atoms with Gasteiger partial charge in [-0.25, -0.2) is 0 Å². The predicted octanol–water partition coefficient (Wildman–Crippen LogP) is 3.64. The molecule has 0 spiro atoms. The van der Waals surface area contributed by atoms with Crippen LogP contribution >= 0.6 is 0 Å². The van der Waals surface area contributed by atoms with Gasteiger partial charge in [0, 0.05) is 13.7 Å². The number of amides is 3. The van der Waals surface area contributed by atoms with E-state index < -0.39 is 35.7 Å². The minimum Gasteiger partial charge on any atom is -0.382 e. The third-order valence-electron chi connectivity index (χ3n) is 10.5. The van der Waals surface area contributed by atoms with Gasteiger partial charge in [0.2, 0.25) is 17.6 Å². The fraction of sp³-hybridized carbons (Fsp3) is 0.824. The standard InChI is InChI=1S/C34H59N5O5/c1-21(2)18-34(7,20-44-8)38-24(5)36-29(33(6)15-10-9-11-16-33)32(43)39-19-22(3)23(4)27(39)31(42)37-26(28(40)30(35)41)17-25-13-12-14-25/h21-23,25-27,29,36,38H,5,9-20H2,1-4,6-8H3,(H2,35,41)(H,37,42)/t22?,23-,26?,27?,29+,34+/m0/s1. The van der Waals surface area contributed by atoms with Gasteiger partial charge >= 0.3 is 0 Å². The molecular weight excluding hydrogens is 558 g/mol. The first-order valence-electron chi connectivity index (χ1n) is 16.8. The molecule has 1 saturated heterocycles. The summed E-state index contributed by atoms with van der Waals surface area (Å²) in [5, 5.41) is 9.88. The number of ether oxygens (including phenoxy) is 1. The van der Waals surface area contributed by atoms with Crippen LogP contribution in [0.25, 0.3) is 0 Å². The van der Waals surface area contributed by atoms with Crippen molar-refractivity contribution in [2.24, 2.45) is 34.8 Å². The predicted molar refractivity (Wildman–Crippen MR) is 172 cm³/mol. The van der Waals surface area contributed by atoms with Crippen LogP contribution in [0.15, 0.2) is 12.4 Å². The normalized spacial score (nSPS) is 26.2. The van der Waals surface area contributed by atoms with E-state index in [4.69, 9.17) is 10.5 Å². The van der Waals surface area contributed by atoms with E-state index in [1.54, 1.807) is 12.0 Å². The average Bonchev–Trinajstić information content (AvgIpc) is 3.21. The molecule has 1 heterocycles. The number of methoxy groups -OCH3 is 1. The molecule has 0 radical (unpaired) electrons. The van der Waals surface area contributed by atoms with Gasteiger partial charge < -0.3 is 31.3 Å². The summed E-state index contributed by atoms with van der Waals surface area (Å²) in [6.07, 6.45) is 9.22. The van der Waals surface area contributed by atoms with Gasteiger partial charge in [-0.15, -0.1) is 0 Å². The van der Waals surface area contributed by atoms with Gasteiger partial charge in [0.15, 0.2) is 0 Å². The highest BCUT2D eigenvalue weighted by molar-refractivity contribution is 6.37. The highest BCUT2D eigenvalue weighted by atomic mass is 16.5. The number of nitrogens with two attached hydrogens (primary N) is 1. The lowest BCUT2D eigenvalue weighted by molar-refractivity contribution is -0.145. The fourth-order valence-electron chi connectivity index (χ4n) is 7.80. The highest BCUT2D eigenvalue weighted by Crippen LogP contribution is 2.41. The fourth-order valence-corrected chi connectivity index (χ4v) is 7.80. The third-order valence-corrected chi connectivity index (χ3v) is 10.5. The lowest BCUT2D eigenvalue weighted by Crippen LogP contribution is -2.61. The number of nitrogens with one attached hydrogen (secondary N) is 3. The zero-order chi connectivity index (χ0) is 32.8. The smallest absolute Gasteiger partial charge is 0.287 e. The van der Waals surface area contributed by atoms with Crippen LogP contribution in [-0.4, -0.2) is 72.3 Å². The Labute approximate surface area is 265 Å². The molecule has 3 fully saturated rings. The molecule has 10 heteroatoms. The number of carbonyl (C=O) groups is 4. The molecule has 0 aromatic carbocycles. The number of nitrogens with zero attached hydrogens (tertiary/aromatic N) is 1. The first-order chi connectivity index (χ1) is 20.6. The van der Waals surface area contributed by atoms with Gasteiger partial charge in [0.05, 0.1) is 24.0 Å². The zero-order valence-corrected chi connectivity index (χ0v) is 28.3. The van der Waals surface area contributed by atoms with Crippen molar-refractivity contribution in [3.63, 3.8) is 0 Å². The molecule has 3 amide bonds. The molecule has 0 bridgehead atoms. The van der Waals surface area contributed by atoms with Crippen molar-refractivity contribution in [2.45, 2.75) is 129 Å². The second kappa shape index (κ2) is 15.1. The number of carbonyl (C=O) groups excluding carboxylic acids is 4. The topological polar surface area (TPSA) is 143 Å². The number of Topliss-reactive ketones (excluding diaryl/α,β-unsaturated/α-hetero) is 1. The van der Waals surface area contributed by atoms with Gasteiger partial charge in [0.1, 0.15) is 12.1 Å². The minimum absolute atomic E-state index is 0.0730. The van der Waals surface area contributed by atoms with Crippen LogP contribution in [0.5, 0.6) is 0 Å². The van der Waals surface area contributed by atoms with Crippen molar-refractivity contribution in [3.05, 3.63) is 12.4 Å². The summed E-state index contributed by atoms with van der Waals surface area (Å²) in [5.74, 6) is -1.17.